The van der Waals surface area contributed by atoms with Crippen molar-refractivity contribution in [2.75, 3.05) is 26.4 Å². The molecule has 0 saturated carbocycles. The zero-order valence-corrected chi connectivity index (χ0v) is 64.3. The molecule has 17 unspecified atom stereocenters. The van der Waals surface area contributed by atoms with Crippen LogP contribution in [0.3, 0.4) is 0 Å². The van der Waals surface area contributed by atoms with Crippen molar-refractivity contribution in [3.8, 4) is 0 Å². The Kier molecular flexibility index (Phi) is 58.8. The molecule has 3 aliphatic rings. The Morgan fingerprint density at radius 1 is 0.350 bits per heavy atom. The van der Waals surface area contributed by atoms with Gasteiger partial charge in [-0.15, -0.1) is 0 Å². The van der Waals surface area contributed by atoms with Gasteiger partial charge in [0.1, 0.15) is 73.2 Å². The van der Waals surface area contributed by atoms with Crippen molar-refractivity contribution >= 4 is 5.91 Å². The highest BCUT2D eigenvalue weighted by molar-refractivity contribution is 5.76. The fourth-order valence-corrected chi connectivity index (χ4v) is 13.8. The van der Waals surface area contributed by atoms with E-state index in [0.717, 1.165) is 57.8 Å². The maximum Gasteiger partial charge on any atom is 0.220 e. The van der Waals surface area contributed by atoms with E-state index in [2.05, 4.69) is 79.9 Å². The standard InChI is InChI=1S/C84H151NO18/c1-3-5-7-9-11-13-15-17-19-21-23-25-27-28-29-30-31-32-33-34-35-36-37-38-40-42-44-46-48-50-52-54-56-58-60-62-72(90)85-67(68(89)61-59-57-55-53-51-49-47-45-43-41-39-26-24-22-20-18-16-14-12-10-8-6-4-2)66-98-82-78(96)75(93)80(70(64-87)100-82)103-84-79(97)76(94)81(71(65-88)101-84)102-83-77(95)74(92)73(91)69(63-86)99-83/h15,17,21,23,27-28,43,45,51,53,59,61,67-71,73-84,86-89,91-97H,3-14,16,18-20,22,24-26,29-42,44,46-50,52,54-58,60,62-66H2,1-2H3,(H,85,90)/b17-15-,23-21-,28-27-,45-43+,53-51+,61-59+. The molecule has 19 nitrogen and oxygen atoms in total. The van der Waals surface area contributed by atoms with Crippen LogP contribution in [0, 0.1) is 0 Å². The normalized spacial score (nSPS) is 26.4. The summed E-state index contributed by atoms with van der Waals surface area (Å²) in [6.45, 7) is 1.73. The van der Waals surface area contributed by atoms with E-state index < -0.39 is 124 Å². The van der Waals surface area contributed by atoms with Gasteiger partial charge in [-0.2, -0.15) is 0 Å². The number of ether oxygens (including phenoxy) is 6. The molecule has 3 aliphatic heterocycles. The van der Waals surface area contributed by atoms with Crippen molar-refractivity contribution in [2.45, 2.75) is 426 Å². The summed E-state index contributed by atoms with van der Waals surface area (Å²) in [6, 6.07) is -1.000. The van der Waals surface area contributed by atoms with Crippen LogP contribution in [0.4, 0.5) is 0 Å². The summed E-state index contributed by atoms with van der Waals surface area (Å²) in [7, 11) is 0. The molecule has 0 aromatic heterocycles. The van der Waals surface area contributed by atoms with Crippen molar-refractivity contribution < 1.29 is 89.4 Å². The van der Waals surface area contributed by atoms with Crippen LogP contribution in [0.25, 0.3) is 0 Å². The number of hydrogen-bond acceptors (Lipinski definition) is 18. The number of rotatable bonds is 66. The van der Waals surface area contributed by atoms with Gasteiger partial charge in [-0.25, -0.2) is 0 Å². The number of aliphatic hydroxyl groups is 11. The summed E-state index contributed by atoms with van der Waals surface area (Å²) in [5.41, 5.74) is 0. The summed E-state index contributed by atoms with van der Waals surface area (Å²) in [6.07, 6.45) is 57.6. The fraction of sp³-hybridized carbons (Fsp3) is 0.845. The molecule has 0 aliphatic carbocycles. The molecule has 0 spiro atoms. The zero-order chi connectivity index (χ0) is 74.6. The van der Waals surface area contributed by atoms with E-state index in [4.69, 9.17) is 28.4 Å². The third-order valence-corrected chi connectivity index (χ3v) is 20.5. The summed E-state index contributed by atoms with van der Waals surface area (Å²) in [4.78, 5) is 13.5. The Labute approximate surface area is 623 Å². The fourth-order valence-electron chi connectivity index (χ4n) is 13.8. The molecule has 600 valence electrons. The average Bonchev–Trinajstić information content (AvgIpc) is 0.781. The lowest BCUT2D eigenvalue weighted by atomic mass is 9.96. The van der Waals surface area contributed by atoms with Crippen molar-refractivity contribution in [2.24, 2.45) is 0 Å². The molecule has 3 saturated heterocycles. The monoisotopic (exact) mass is 1460 g/mol. The topological polar surface area (TPSA) is 307 Å². The third-order valence-electron chi connectivity index (χ3n) is 20.5. The minimum Gasteiger partial charge on any atom is -0.394 e. The molecule has 103 heavy (non-hydrogen) atoms. The molecule has 3 heterocycles. The van der Waals surface area contributed by atoms with Crippen LogP contribution in [0.15, 0.2) is 72.9 Å². The Morgan fingerprint density at radius 3 is 1.04 bits per heavy atom. The molecule has 1 amide bonds. The second kappa shape index (κ2) is 64.1. The largest absolute Gasteiger partial charge is 0.394 e. The number of carbonyl (C=O) groups is 1. The summed E-state index contributed by atoms with van der Waals surface area (Å²) in [5.74, 6) is -0.286. The first-order valence-electron chi connectivity index (χ1n) is 41.7. The number of carbonyl (C=O) groups excluding carboxylic acids is 1. The lowest BCUT2D eigenvalue weighted by molar-refractivity contribution is -0.379. The lowest BCUT2D eigenvalue weighted by Crippen LogP contribution is -2.66. The second-order valence-electron chi connectivity index (χ2n) is 29.6. The third kappa shape index (κ3) is 43.9. The van der Waals surface area contributed by atoms with Gasteiger partial charge < -0.3 is 89.9 Å². The summed E-state index contributed by atoms with van der Waals surface area (Å²) < 4.78 is 34.4. The number of allylic oxidation sites excluding steroid dienone is 11. The minimum absolute atomic E-state index is 0.232. The van der Waals surface area contributed by atoms with Gasteiger partial charge in [0.15, 0.2) is 18.9 Å². The Morgan fingerprint density at radius 2 is 0.650 bits per heavy atom. The predicted octanol–water partition coefficient (Wildman–Crippen LogP) is 14.4. The number of unbranched alkanes of at least 4 members (excludes halogenated alkanes) is 40. The van der Waals surface area contributed by atoms with Crippen molar-refractivity contribution in [3.63, 3.8) is 0 Å². The van der Waals surface area contributed by atoms with E-state index in [0.29, 0.717) is 12.8 Å². The van der Waals surface area contributed by atoms with Gasteiger partial charge in [0.05, 0.1) is 38.6 Å². The molecular weight excluding hydrogens is 1310 g/mol. The molecule has 17 atom stereocenters. The molecule has 3 fully saturated rings. The smallest absolute Gasteiger partial charge is 0.220 e. The molecule has 0 aromatic rings. The Hall–Kier alpha value is -2.77. The first-order valence-corrected chi connectivity index (χ1v) is 41.7. The molecule has 12 N–H and O–H groups in total. The van der Waals surface area contributed by atoms with E-state index in [1.165, 1.54) is 231 Å². The van der Waals surface area contributed by atoms with Crippen molar-refractivity contribution in [1.82, 2.24) is 5.32 Å². The summed E-state index contributed by atoms with van der Waals surface area (Å²) >= 11 is 0. The van der Waals surface area contributed by atoms with Gasteiger partial charge in [0.2, 0.25) is 5.91 Å². The highest BCUT2D eigenvalue weighted by Crippen LogP contribution is 2.33. The minimum atomic E-state index is -1.98. The van der Waals surface area contributed by atoms with E-state index in [-0.39, 0.29) is 18.9 Å². The van der Waals surface area contributed by atoms with E-state index in [1.54, 1.807) is 6.08 Å². The number of hydrogen-bond donors (Lipinski definition) is 12. The van der Waals surface area contributed by atoms with E-state index in [9.17, 15) is 61.0 Å². The van der Waals surface area contributed by atoms with Crippen LogP contribution in [0.5, 0.6) is 0 Å². The van der Waals surface area contributed by atoms with Crippen LogP contribution < -0.4 is 5.32 Å². The van der Waals surface area contributed by atoms with Crippen molar-refractivity contribution in [3.05, 3.63) is 72.9 Å². The number of amides is 1. The van der Waals surface area contributed by atoms with Crippen LogP contribution in [-0.4, -0.2) is 193 Å². The number of aliphatic hydroxyl groups excluding tert-OH is 11. The van der Waals surface area contributed by atoms with Crippen molar-refractivity contribution in [1.29, 1.82) is 0 Å². The highest BCUT2D eigenvalue weighted by Gasteiger charge is 2.54. The molecule has 19 heteroatoms. The average molecular weight is 1460 g/mol. The molecule has 0 aromatic carbocycles. The lowest BCUT2D eigenvalue weighted by Gasteiger charge is -2.48. The van der Waals surface area contributed by atoms with Gasteiger partial charge in [-0.1, -0.05) is 305 Å². The first-order chi connectivity index (χ1) is 50.3. The van der Waals surface area contributed by atoms with Gasteiger partial charge in [-0.3, -0.25) is 4.79 Å². The van der Waals surface area contributed by atoms with Gasteiger partial charge in [0.25, 0.3) is 0 Å². The Bertz CT molecular complexity index is 2140. The van der Waals surface area contributed by atoms with Crippen LogP contribution in [-0.2, 0) is 33.2 Å². The highest BCUT2D eigenvalue weighted by atomic mass is 16.8. The summed E-state index contributed by atoms with van der Waals surface area (Å²) in [5, 5.41) is 121. The van der Waals surface area contributed by atoms with E-state index >= 15 is 0 Å². The molecule has 3 rings (SSSR count). The SMILES string of the molecule is CCCCCCC/C=C\C/C=C\C/C=C\CCCCCCCCCCCCCCCCCCCCCCC(=O)NC(COC1OC(CO)C(OC2OC(CO)C(OC3OC(CO)C(O)C(O)C3O)C(O)C2O)C(O)C1O)C(O)/C=C/CC/C=C/CC/C=C/CCCCCCCCCCCCCCC. The van der Waals surface area contributed by atoms with Crippen LogP contribution in [0.2, 0.25) is 0 Å². The quantitative estimate of drug-likeness (QED) is 0.0199. The maximum absolute atomic E-state index is 13.5. The van der Waals surface area contributed by atoms with Crippen LogP contribution in [0.1, 0.15) is 322 Å². The van der Waals surface area contributed by atoms with Gasteiger partial charge >= 0.3 is 0 Å². The maximum atomic E-state index is 13.5. The number of nitrogens with one attached hydrogen (secondary N) is 1. The molecule has 0 bridgehead atoms. The molecule has 0 radical (unpaired) electrons. The first kappa shape index (κ1) is 94.4. The predicted molar refractivity (Wildman–Crippen MR) is 411 cm³/mol. The Balaban J connectivity index is 1.36. The zero-order valence-electron chi connectivity index (χ0n) is 64.3. The second-order valence-corrected chi connectivity index (χ2v) is 29.6. The molecular formula is C84H151NO18. The van der Waals surface area contributed by atoms with Gasteiger partial charge in [-0.05, 0) is 83.5 Å². The van der Waals surface area contributed by atoms with Gasteiger partial charge in [0, 0.05) is 6.42 Å². The van der Waals surface area contributed by atoms with Crippen LogP contribution >= 0.6 is 0 Å². The van der Waals surface area contributed by atoms with E-state index in [1.807, 2.05) is 6.08 Å².